The van der Waals surface area contributed by atoms with Gasteiger partial charge in [-0.1, -0.05) is 64.6 Å². The Morgan fingerprint density at radius 3 is 2.54 bits per heavy atom. The van der Waals surface area contributed by atoms with E-state index >= 15 is 0 Å². The molecular formula is C22H35N2O2SYb-. The number of hydrogen-bond donors (Lipinski definition) is 0. The Morgan fingerprint density at radius 1 is 1.32 bits per heavy atom. The number of carbonyl (C=O) groups is 1. The second-order valence-electron chi connectivity index (χ2n) is 6.11. The normalized spacial score (nSPS) is 11.4. The Balaban J connectivity index is 0. The topological polar surface area (TPSA) is 43.6 Å². The molecule has 1 aromatic heterocycles. The smallest absolute Gasteiger partial charge is 0.310 e. The third kappa shape index (κ3) is 10.4. The molecule has 0 fully saturated rings. The van der Waals surface area contributed by atoms with Gasteiger partial charge in [0.15, 0.2) is 0 Å². The summed E-state index contributed by atoms with van der Waals surface area (Å²) in [5.74, 6) is 0.210. The maximum absolute atomic E-state index is 12.1. The standard InChI is InChI=1S/C19H25N2O2S.C2H6.CH4.Yb/c1-5-8-14(2)13-23-18(22)11-16-9-6-7-10-17(16)20-19-21(4)12-15(3)24-19;1-2;;/h6-7,9-10,14H,5,8,11,13H2,1-4H3;1-2H3;1H4;/q-1;;;. The molecule has 6 heteroatoms. The van der Waals surface area contributed by atoms with Crippen molar-refractivity contribution in [1.29, 1.82) is 0 Å². The van der Waals surface area contributed by atoms with E-state index in [0.717, 1.165) is 33.8 Å². The first-order chi connectivity index (χ1) is 12.5. The van der Waals surface area contributed by atoms with Crippen LogP contribution < -0.4 is 4.80 Å². The Morgan fingerprint density at radius 2 is 1.96 bits per heavy atom. The van der Waals surface area contributed by atoms with Crippen LogP contribution in [0.3, 0.4) is 0 Å². The molecule has 0 spiro atoms. The summed E-state index contributed by atoms with van der Waals surface area (Å²) in [5, 5.41) is 0. The van der Waals surface area contributed by atoms with E-state index in [1.54, 1.807) is 11.3 Å². The van der Waals surface area contributed by atoms with Crippen LogP contribution in [0.25, 0.3) is 0 Å². The van der Waals surface area contributed by atoms with Crippen molar-refractivity contribution in [2.45, 2.75) is 61.3 Å². The molecule has 1 unspecified atom stereocenters. The number of nitrogens with zero attached hydrogens (tertiary/aromatic N) is 2. The molecule has 2 aromatic rings. The molecule has 28 heavy (non-hydrogen) atoms. The van der Waals surface area contributed by atoms with Crippen molar-refractivity contribution in [2.24, 2.45) is 18.0 Å². The number of para-hydroxylation sites is 1. The summed E-state index contributed by atoms with van der Waals surface area (Å²) in [6.07, 6.45) is 5.61. The summed E-state index contributed by atoms with van der Waals surface area (Å²) in [6, 6.07) is 7.71. The zero-order valence-corrected chi connectivity index (χ0v) is 19.6. The van der Waals surface area contributed by atoms with E-state index in [0.29, 0.717) is 12.5 Å². The molecule has 4 nitrogen and oxygen atoms in total. The van der Waals surface area contributed by atoms with Gasteiger partial charge < -0.3 is 14.3 Å². The van der Waals surface area contributed by atoms with E-state index in [1.165, 1.54) is 0 Å². The average Bonchev–Trinajstić information content (AvgIpc) is 2.94. The Labute approximate surface area is 213 Å². The third-order valence-corrected chi connectivity index (χ3v) is 4.65. The molecule has 0 aliphatic heterocycles. The summed E-state index contributed by atoms with van der Waals surface area (Å²) < 4.78 is 7.28. The molecule has 0 bridgehead atoms. The largest absolute Gasteiger partial charge is 0.490 e. The summed E-state index contributed by atoms with van der Waals surface area (Å²) in [7, 11) is 1.92. The number of rotatable bonds is 7. The summed E-state index contributed by atoms with van der Waals surface area (Å²) in [6.45, 7) is 10.7. The number of thiazole rings is 1. The number of aromatic nitrogens is 1. The van der Waals surface area contributed by atoms with Gasteiger partial charge >= 0.3 is 5.97 Å². The van der Waals surface area contributed by atoms with Crippen molar-refractivity contribution in [2.75, 3.05) is 6.61 Å². The van der Waals surface area contributed by atoms with Gasteiger partial charge in [0.1, 0.15) is 0 Å². The fraction of sp³-hybridized carbons (Fsp3) is 0.545. The first-order valence-corrected chi connectivity index (χ1v) is 10.1. The van der Waals surface area contributed by atoms with Crippen molar-refractivity contribution < 1.29 is 56.5 Å². The van der Waals surface area contributed by atoms with Crippen molar-refractivity contribution in [3.8, 4) is 0 Å². The zero-order valence-electron chi connectivity index (χ0n) is 17.1. The van der Waals surface area contributed by atoms with Gasteiger partial charge in [-0.05, 0) is 37.9 Å². The number of hydrogen-bond acceptors (Lipinski definition) is 4. The van der Waals surface area contributed by atoms with Crippen LogP contribution in [0.1, 0.15) is 58.4 Å². The number of ether oxygens (including phenoxy) is 1. The summed E-state index contributed by atoms with van der Waals surface area (Å²) in [5.41, 5.74) is 1.69. The molecular weight excluding hydrogens is 529 g/mol. The van der Waals surface area contributed by atoms with E-state index in [2.05, 4.69) is 25.0 Å². The first kappa shape index (κ1) is 29.8. The molecule has 0 N–H and O–H groups in total. The summed E-state index contributed by atoms with van der Waals surface area (Å²) in [4.78, 5) is 18.8. The number of esters is 1. The van der Waals surface area contributed by atoms with Crippen LogP contribution in [-0.2, 0) is 23.0 Å². The predicted octanol–water partition coefficient (Wildman–Crippen LogP) is 5.61. The second-order valence-corrected chi connectivity index (χ2v) is 7.29. The van der Waals surface area contributed by atoms with Gasteiger partial charge in [0, 0.05) is 57.4 Å². The van der Waals surface area contributed by atoms with Crippen LogP contribution in [0.2, 0.25) is 0 Å². The third-order valence-electron chi connectivity index (χ3n) is 3.71. The molecule has 1 aromatic carbocycles. The van der Waals surface area contributed by atoms with Crippen LogP contribution in [0.5, 0.6) is 0 Å². The zero-order chi connectivity index (χ0) is 19.5. The van der Waals surface area contributed by atoms with E-state index in [1.807, 2.05) is 56.7 Å². The molecule has 2 rings (SSSR count). The van der Waals surface area contributed by atoms with Gasteiger partial charge in [-0.2, -0.15) is 6.20 Å². The SMILES string of the molecule is C.CC.CCCC(C)COC(=O)Cc1ccccc1N=c1sc(C)[c-]n1C.[Yb]. The fourth-order valence-corrected chi connectivity index (χ4v) is 3.28. The van der Waals surface area contributed by atoms with Crippen molar-refractivity contribution in [1.82, 2.24) is 4.57 Å². The molecule has 0 amide bonds. The minimum atomic E-state index is -0.195. The minimum Gasteiger partial charge on any atom is -0.490 e. The van der Waals surface area contributed by atoms with E-state index < -0.39 is 0 Å². The van der Waals surface area contributed by atoms with Crippen LogP contribution in [0, 0.1) is 66.0 Å². The quantitative estimate of drug-likeness (QED) is 0.324. The molecule has 0 aliphatic rings. The number of benzene rings is 1. The van der Waals surface area contributed by atoms with Crippen LogP contribution in [-0.4, -0.2) is 17.1 Å². The van der Waals surface area contributed by atoms with Gasteiger partial charge in [-0.3, -0.25) is 4.79 Å². The monoisotopic (exact) mass is 565 g/mol. The van der Waals surface area contributed by atoms with Crippen molar-refractivity contribution in [3.05, 3.63) is 45.7 Å². The predicted molar refractivity (Wildman–Crippen MR) is 115 cm³/mol. The number of carbonyl (C=O) groups excluding carboxylic acids is 1. The minimum absolute atomic E-state index is 0. The van der Waals surface area contributed by atoms with Gasteiger partial charge in [0.05, 0.1) is 13.0 Å². The molecule has 0 saturated heterocycles. The Kier molecular flexibility index (Phi) is 17.5. The van der Waals surface area contributed by atoms with Crippen LogP contribution in [0.4, 0.5) is 5.69 Å². The van der Waals surface area contributed by atoms with E-state index in [9.17, 15) is 4.79 Å². The molecule has 1 atom stereocenters. The van der Waals surface area contributed by atoms with Gasteiger partial charge in [0.2, 0.25) is 0 Å². The van der Waals surface area contributed by atoms with Crippen molar-refractivity contribution in [3.63, 3.8) is 0 Å². The fourth-order valence-electron chi connectivity index (χ4n) is 2.50. The maximum Gasteiger partial charge on any atom is 0.310 e. The van der Waals surface area contributed by atoms with Crippen LogP contribution in [0.15, 0.2) is 29.3 Å². The maximum atomic E-state index is 12.1. The summed E-state index contributed by atoms with van der Waals surface area (Å²) >= 11 is 1.58. The molecule has 166 valence electrons. The second kappa shape index (κ2) is 16.4. The molecule has 0 saturated carbocycles. The average molecular weight is 565 g/mol. The molecule has 1 heterocycles. The number of aryl methyl sites for hydroxylation is 2. The molecule has 0 radical (unpaired) electrons. The van der Waals surface area contributed by atoms with E-state index in [4.69, 9.17) is 4.74 Å². The van der Waals surface area contributed by atoms with E-state index in [-0.39, 0.29) is 66.7 Å². The Bertz CT molecular complexity index is 753. The Hall–Kier alpha value is -0.361. The van der Waals surface area contributed by atoms with Gasteiger partial charge in [0.25, 0.3) is 0 Å². The molecule has 0 aliphatic carbocycles. The first-order valence-electron chi connectivity index (χ1n) is 9.33. The van der Waals surface area contributed by atoms with Gasteiger partial charge in [-0.15, -0.1) is 0 Å². The van der Waals surface area contributed by atoms with Crippen LogP contribution >= 0.6 is 11.3 Å². The van der Waals surface area contributed by atoms with Crippen molar-refractivity contribution >= 4 is 23.0 Å². The van der Waals surface area contributed by atoms with Gasteiger partial charge in [-0.25, -0.2) is 11.3 Å².